The lowest BCUT2D eigenvalue weighted by Gasteiger charge is -2.34. The zero-order valence-electron chi connectivity index (χ0n) is 13.7. The van der Waals surface area contributed by atoms with Gasteiger partial charge in [-0.2, -0.15) is 0 Å². The van der Waals surface area contributed by atoms with Crippen LogP contribution in [0.2, 0.25) is 0 Å². The third-order valence-corrected chi connectivity index (χ3v) is 4.65. The first-order valence-corrected chi connectivity index (χ1v) is 8.23. The minimum absolute atomic E-state index is 0.0909. The summed E-state index contributed by atoms with van der Waals surface area (Å²) < 4.78 is 0. The van der Waals surface area contributed by atoms with E-state index in [4.69, 9.17) is 0 Å². The zero-order valence-corrected chi connectivity index (χ0v) is 13.7. The fraction of sp³-hybridized carbons (Fsp3) is 0.263. The molecule has 1 amide bonds. The van der Waals surface area contributed by atoms with Crippen molar-refractivity contribution in [2.75, 3.05) is 43.4 Å². The van der Waals surface area contributed by atoms with Gasteiger partial charge in [0.1, 0.15) is 5.82 Å². The third-order valence-electron chi connectivity index (χ3n) is 4.65. The third kappa shape index (κ3) is 2.78. The number of rotatable bonds is 2. The first-order chi connectivity index (χ1) is 11.7. The number of hydrogen-bond acceptors (Lipinski definition) is 4. The van der Waals surface area contributed by atoms with E-state index in [1.165, 1.54) is 5.69 Å². The molecule has 0 radical (unpaired) electrons. The normalized spacial score (nSPS) is 19.5. The lowest BCUT2D eigenvalue weighted by molar-refractivity contribution is -0.110. The Morgan fingerprint density at radius 2 is 1.83 bits per heavy atom. The van der Waals surface area contributed by atoms with E-state index >= 15 is 0 Å². The van der Waals surface area contributed by atoms with Gasteiger partial charge in [0.15, 0.2) is 0 Å². The molecule has 0 saturated carbocycles. The predicted molar refractivity (Wildman–Crippen MR) is 96.9 cm³/mol. The molecule has 0 aliphatic carbocycles. The molecule has 122 valence electrons. The van der Waals surface area contributed by atoms with E-state index in [1.807, 2.05) is 18.2 Å². The summed E-state index contributed by atoms with van der Waals surface area (Å²) in [5.41, 5.74) is 3.80. The van der Waals surface area contributed by atoms with Gasteiger partial charge in [0.25, 0.3) is 5.91 Å². The van der Waals surface area contributed by atoms with Gasteiger partial charge in [-0.25, -0.2) is 4.98 Å². The van der Waals surface area contributed by atoms with Crippen LogP contribution in [0.4, 0.5) is 11.5 Å². The van der Waals surface area contributed by atoms with Crippen LogP contribution in [0.25, 0.3) is 11.6 Å². The lowest BCUT2D eigenvalue weighted by atomic mass is 10.1. The molecule has 2 aromatic rings. The van der Waals surface area contributed by atoms with Crippen LogP contribution in [-0.4, -0.2) is 49.0 Å². The Morgan fingerprint density at radius 1 is 1.08 bits per heavy atom. The second kappa shape index (κ2) is 6.09. The molecule has 5 nitrogen and oxygen atoms in total. The highest BCUT2D eigenvalue weighted by Gasteiger charge is 2.24. The number of anilines is 2. The molecule has 1 aromatic carbocycles. The van der Waals surface area contributed by atoms with E-state index in [9.17, 15) is 4.79 Å². The minimum atomic E-state index is -0.0909. The van der Waals surface area contributed by atoms with Gasteiger partial charge in [0.05, 0.1) is 5.57 Å². The Kier molecular flexibility index (Phi) is 3.78. The monoisotopic (exact) mass is 320 g/mol. The fourth-order valence-corrected chi connectivity index (χ4v) is 3.18. The number of piperazine rings is 1. The molecule has 0 spiro atoms. The summed E-state index contributed by atoms with van der Waals surface area (Å²) in [6, 6.07) is 12.2. The van der Waals surface area contributed by atoms with Crippen LogP contribution < -0.4 is 10.2 Å². The smallest absolute Gasteiger partial charge is 0.257 e. The van der Waals surface area contributed by atoms with Gasteiger partial charge in [0, 0.05) is 43.6 Å². The summed E-state index contributed by atoms with van der Waals surface area (Å²) in [5.74, 6) is 0.551. The number of likely N-dealkylation sites (N-methyl/N-ethyl adjacent to an activating group) is 1. The van der Waals surface area contributed by atoms with Gasteiger partial charge < -0.3 is 15.1 Å². The molecular formula is C19H20N4O. The number of fused-ring (bicyclic) bond motifs is 1. The summed E-state index contributed by atoms with van der Waals surface area (Å²) >= 11 is 0. The quantitative estimate of drug-likeness (QED) is 0.863. The largest absolute Gasteiger partial charge is 0.369 e. The maximum Gasteiger partial charge on any atom is 0.257 e. The number of aromatic nitrogens is 1. The molecule has 1 saturated heterocycles. The topological polar surface area (TPSA) is 48.5 Å². The Morgan fingerprint density at radius 3 is 2.58 bits per heavy atom. The standard InChI is InChI=1S/C19H20N4O/c1-22-9-11-23(12-10-22)15-6-4-14(5-7-15)13-17-16-3-2-8-20-18(16)21-19(17)24/h2-8,13H,9-12H2,1H3,(H,20,21,24). The molecule has 5 heteroatoms. The molecule has 1 fully saturated rings. The van der Waals surface area contributed by atoms with Crippen molar-refractivity contribution in [1.29, 1.82) is 0 Å². The molecule has 0 atom stereocenters. The number of nitrogens with one attached hydrogen (secondary N) is 1. The van der Waals surface area contributed by atoms with E-state index in [0.717, 1.165) is 37.3 Å². The number of pyridine rings is 1. The van der Waals surface area contributed by atoms with Crippen molar-refractivity contribution in [2.24, 2.45) is 0 Å². The molecule has 24 heavy (non-hydrogen) atoms. The van der Waals surface area contributed by atoms with Crippen molar-refractivity contribution in [3.63, 3.8) is 0 Å². The van der Waals surface area contributed by atoms with Crippen LogP contribution >= 0.6 is 0 Å². The maximum atomic E-state index is 12.1. The molecule has 2 aliphatic rings. The van der Waals surface area contributed by atoms with Crippen LogP contribution in [0.15, 0.2) is 42.6 Å². The van der Waals surface area contributed by atoms with Crippen LogP contribution in [0, 0.1) is 0 Å². The van der Waals surface area contributed by atoms with Crippen LogP contribution in [-0.2, 0) is 4.79 Å². The number of hydrogen-bond donors (Lipinski definition) is 1. The van der Waals surface area contributed by atoms with Crippen molar-refractivity contribution in [3.8, 4) is 0 Å². The summed E-state index contributed by atoms with van der Waals surface area (Å²) in [4.78, 5) is 21.1. The van der Waals surface area contributed by atoms with E-state index in [1.54, 1.807) is 6.20 Å². The molecule has 1 N–H and O–H groups in total. The van der Waals surface area contributed by atoms with Gasteiger partial charge in [-0.05, 0) is 43.0 Å². The number of benzene rings is 1. The SMILES string of the molecule is CN1CCN(c2ccc(C=C3C(=O)Nc4ncccc43)cc2)CC1. The Labute approximate surface area is 141 Å². The van der Waals surface area contributed by atoms with E-state index < -0.39 is 0 Å². The summed E-state index contributed by atoms with van der Waals surface area (Å²) in [5, 5.41) is 2.80. The van der Waals surface area contributed by atoms with Gasteiger partial charge in [-0.1, -0.05) is 12.1 Å². The average Bonchev–Trinajstić information content (AvgIpc) is 2.92. The molecule has 0 unspecified atom stereocenters. The predicted octanol–water partition coefficient (Wildman–Crippen LogP) is 2.33. The van der Waals surface area contributed by atoms with Crippen molar-refractivity contribution < 1.29 is 4.79 Å². The Hall–Kier alpha value is -2.66. The average molecular weight is 320 g/mol. The summed E-state index contributed by atoms with van der Waals surface area (Å²) in [6.45, 7) is 4.29. The highest BCUT2D eigenvalue weighted by Crippen LogP contribution is 2.31. The number of nitrogens with zero attached hydrogens (tertiary/aromatic N) is 3. The van der Waals surface area contributed by atoms with Gasteiger partial charge in [0.2, 0.25) is 0 Å². The Balaban J connectivity index is 1.57. The highest BCUT2D eigenvalue weighted by molar-refractivity contribution is 6.34. The number of carbonyl (C=O) groups is 1. The van der Waals surface area contributed by atoms with Crippen molar-refractivity contribution in [2.45, 2.75) is 0 Å². The van der Waals surface area contributed by atoms with Crippen molar-refractivity contribution in [3.05, 3.63) is 53.7 Å². The van der Waals surface area contributed by atoms with Gasteiger partial charge in [-0.3, -0.25) is 4.79 Å². The van der Waals surface area contributed by atoms with E-state index in [-0.39, 0.29) is 5.91 Å². The maximum absolute atomic E-state index is 12.1. The first-order valence-electron chi connectivity index (χ1n) is 8.23. The number of carbonyl (C=O) groups excluding carboxylic acids is 1. The second-order valence-electron chi connectivity index (χ2n) is 6.29. The van der Waals surface area contributed by atoms with E-state index in [2.05, 4.69) is 51.4 Å². The molecular weight excluding hydrogens is 300 g/mol. The van der Waals surface area contributed by atoms with Crippen LogP contribution in [0.3, 0.4) is 0 Å². The molecule has 0 bridgehead atoms. The minimum Gasteiger partial charge on any atom is -0.369 e. The highest BCUT2D eigenvalue weighted by atomic mass is 16.2. The van der Waals surface area contributed by atoms with Crippen molar-refractivity contribution in [1.82, 2.24) is 9.88 Å². The summed E-state index contributed by atoms with van der Waals surface area (Å²) in [7, 11) is 2.16. The molecule has 4 rings (SSSR count). The van der Waals surface area contributed by atoms with Gasteiger partial charge >= 0.3 is 0 Å². The molecule has 1 aromatic heterocycles. The van der Waals surface area contributed by atoms with Crippen LogP contribution in [0.1, 0.15) is 11.1 Å². The molecule has 3 heterocycles. The zero-order chi connectivity index (χ0) is 16.5. The number of amides is 1. The molecule has 2 aliphatic heterocycles. The lowest BCUT2D eigenvalue weighted by Crippen LogP contribution is -2.44. The van der Waals surface area contributed by atoms with E-state index in [0.29, 0.717) is 11.4 Å². The Bertz CT molecular complexity index is 789. The van der Waals surface area contributed by atoms with Crippen LogP contribution in [0.5, 0.6) is 0 Å². The van der Waals surface area contributed by atoms with Gasteiger partial charge in [-0.15, -0.1) is 0 Å². The second-order valence-corrected chi connectivity index (χ2v) is 6.29. The fourth-order valence-electron chi connectivity index (χ4n) is 3.18. The van der Waals surface area contributed by atoms with Crippen molar-refractivity contribution >= 4 is 29.1 Å². The first kappa shape index (κ1) is 14.9. The summed E-state index contributed by atoms with van der Waals surface area (Å²) in [6.07, 6.45) is 3.61.